The maximum atomic E-state index is 12.9. The third kappa shape index (κ3) is 6.26. The second-order valence-corrected chi connectivity index (χ2v) is 8.87. The summed E-state index contributed by atoms with van der Waals surface area (Å²) in [6.07, 6.45) is 0.859. The number of thiophene rings is 1. The van der Waals surface area contributed by atoms with Gasteiger partial charge in [0, 0.05) is 23.5 Å². The lowest BCUT2D eigenvalue weighted by Crippen LogP contribution is -2.34. The molecule has 0 aliphatic carbocycles. The van der Waals surface area contributed by atoms with Crippen molar-refractivity contribution in [3.05, 3.63) is 101 Å². The van der Waals surface area contributed by atoms with Crippen molar-refractivity contribution in [1.29, 1.82) is 0 Å². The Kier molecular flexibility index (Phi) is 7.47. The lowest BCUT2D eigenvalue weighted by Gasteiger charge is -2.22. The first kappa shape index (κ1) is 22.7. The van der Waals surface area contributed by atoms with Crippen LogP contribution in [0.5, 0.6) is 0 Å². The first-order chi connectivity index (χ1) is 16.1. The second-order valence-electron chi connectivity index (χ2n) is 7.78. The summed E-state index contributed by atoms with van der Waals surface area (Å²) in [6, 6.07) is 27.6. The van der Waals surface area contributed by atoms with E-state index in [1.54, 1.807) is 11.5 Å². The second kappa shape index (κ2) is 10.9. The van der Waals surface area contributed by atoms with Crippen molar-refractivity contribution >= 4 is 38.9 Å². The van der Waals surface area contributed by atoms with Gasteiger partial charge in [0.1, 0.15) is 0 Å². The molecule has 3 N–H and O–H groups in total. The van der Waals surface area contributed by atoms with Gasteiger partial charge in [0.05, 0.1) is 11.4 Å². The Balaban J connectivity index is 1.43. The third-order valence-corrected chi connectivity index (χ3v) is 6.40. The summed E-state index contributed by atoms with van der Waals surface area (Å²) in [7, 11) is 0. The molecule has 0 unspecified atom stereocenters. The fourth-order valence-corrected chi connectivity index (χ4v) is 4.66. The quantitative estimate of drug-likeness (QED) is 0.250. The first-order valence-corrected chi connectivity index (χ1v) is 11.5. The van der Waals surface area contributed by atoms with E-state index in [9.17, 15) is 9.59 Å². The van der Waals surface area contributed by atoms with Crippen LogP contribution < -0.4 is 10.8 Å². The molecule has 0 aliphatic rings. The van der Waals surface area contributed by atoms with Gasteiger partial charge in [0.15, 0.2) is 0 Å². The minimum absolute atomic E-state index is 0.0942. The van der Waals surface area contributed by atoms with Crippen LogP contribution in [0, 0.1) is 0 Å². The minimum atomic E-state index is -0.545. The number of carbonyl (C=O) groups is 2. The van der Waals surface area contributed by atoms with Gasteiger partial charge in [-0.2, -0.15) is 0 Å². The van der Waals surface area contributed by atoms with Crippen molar-refractivity contribution < 1.29 is 14.8 Å². The fraction of sp³-hybridized carbons (Fsp3) is 0.154. The molecule has 6 nitrogen and oxygen atoms in total. The number of nitrogens with one attached hydrogen (secondary N) is 2. The molecule has 0 saturated carbocycles. The number of rotatable bonds is 9. The summed E-state index contributed by atoms with van der Waals surface area (Å²) in [4.78, 5) is 27.1. The highest BCUT2D eigenvalue weighted by atomic mass is 32.1. The molecule has 168 valence electrons. The number of hydrogen-bond donors (Lipinski definition) is 3. The number of hydrogen-bond acceptors (Lipinski definition) is 5. The standard InChI is InChI=1S/C26H25N3O3S/c30-25(27-22-12-11-21-15-24(26(31)28-32)33-23(21)16-22)18-29(17-20-9-5-2-6-10-20)14-13-19-7-3-1-4-8-19/h1-12,15-16,32H,13-14,17-18H2,(H,27,30)(H,28,31). The SMILES string of the molecule is O=C(CN(CCc1ccccc1)Cc1ccccc1)Nc1ccc2cc(C(=O)NO)sc2c1. The van der Waals surface area contributed by atoms with Gasteiger partial charge in [0.2, 0.25) is 5.91 Å². The van der Waals surface area contributed by atoms with E-state index in [-0.39, 0.29) is 12.5 Å². The van der Waals surface area contributed by atoms with Crippen molar-refractivity contribution in [3.8, 4) is 0 Å². The van der Waals surface area contributed by atoms with E-state index < -0.39 is 5.91 Å². The van der Waals surface area contributed by atoms with Crippen molar-refractivity contribution in [2.24, 2.45) is 0 Å². The highest BCUT2D eigenvalue weighted by molar-refractivity contribution is 7.20. The van der Waals surface area contributed by atoms with E-state index in [4.69, 9.17) is 5.21 Å². The largest absolute Gasteiger partial charge is 0.325 e. The van der Waals surface area contributed by atoms with E-state index in [2.05, 4.69) is 34.5 Å². The molecular formula is C26H25N3O3S. The average Bonchev–Trinajstić information content (AvgIpc) is 3.27. The number of benzene rings is 3. The number of amides is 2. The summed E-state index contributed by atoms with van der Waals surface area (Å²) < 4.78 is 0.858. The molecule has 7 heteroatoms. The van der Waals surface area contributed by atoms with Crippen LogP contribution in [0.2, 0.25) is 0 Å². The van der Waals surface area contributed by atoms with Gasteiger partial charge in [-0.15, -0.1) is 11.3 Å². The predicted molar refractivity (Wildman–Crippen MR) is 132 cm³/mol. The number of nitrogens with zero attached hydrogens (tertiary/aromatic N) is 1. The molecule has 0 radical (unpaired) electrons. The van der Waals surface area contributed by atoms with Gasteiger partial charge < -0.3 is 5.32 Å². The molecule has 4 rings (SSSR count). The van der Waals surface area contributed by atoms with Crippen LogP contribution in [0.15, 0.2) is 84.9 Å². The van der Waals surface area contributed by atoms with Crippen LogP contribution in [-0.2, 0) is 17.8 Å². The lowest BCUT2D eigenvalue weighted by atomic mass is 10.1. The van der Waals surface area contributed by atoms with Crippen LogP contribution in [-0.4, -0.2) is 35.0 Å². The van der Waals surface area contributed by atoms with E-state index in [1.807, 2.05) is 54.6 Å². The summed E-state index contributed by atoms with van der Waals surface area (Å²) in [6.45, 7) is 1.71. The van der Waals surface area contributed by atoms with Gasteiger partial charge in [-0.25, -0.2) is 5.48 Å². The van der Waals surface area contributed by atoms with Crippen LogP contribution in [0.1, 0.15) is 20.8 Å². The summed E-state index contributed by atoms with van der Waals surface area (Å²) >= 11 is 1.26. The molecule has 0 atom stereocenters. The van der Waals surface area contributed by atoms with Crippen molar-refractivity contribution in [1.82, 2.24) is 10.4 Å². The molecular weight excluding hydrogens is 434 g/mol. The molecule has 4 aromatic rings. The van der Waals surface area contributed by atoms with Gasteiger partial charge >= 0.3 is 0 Å². The zero-order valence-corrected chi connectivity index (χ0v) is 18.8. The highest BCUT2D eigenvalue weighted by Crippen LogP contribution is 2.28. The summed E-state index contributed by atoms with van der Waals surface area (Å²) in [5.41, 5.74) is 4.72. The molecule has 1 heterocycles. The average molecular weight is 460 g/mol. The van der Waals surface area contributed by atoms with Gasteiger partial charge in [-0.3, -0.25) is 19.7 Å². The van der Waals surface area contributed by atoms with Gasteiger partial charge in [-0.1, -0.05) is 66.7 Å². The van der Waals surface area contributed by atoms with Crippen LogP contribution in [0.3, 0.4) is 0 Å². The highest BCUT2D eigenvalue weighted by Gasteiger charge is 2.14. The number of hydroxylamine groups is 1. The zero-order valence-electron chi connectivity index (χ0n) is 18.0. The topological polar surface area (TPSA) is 81.7 Å². The normalized spacial score (nSPS) is 11.0. The molecule has 3 aromatic carbocycles. The molecule has 33 heavy (non-hydrogen) atoms. The van der Waals surface area contributed by atoms with E-state index in [0.29, 0.717) is 17.1 Å². The lowest BCUT2D eigenvalue weighted by molar-refractivity contribution is -0.117. The van der Waals surface area contributed by atoms with Gasteiger partial charge in [0.25, 0.3) is 5.91 Å². The van der Waals surface area contributed by atoms with Crippen LogP contribution >= 0.6 is 11.3 Å². The van der Waals surface area contributed by atoms with Crippen molar-refractivity contribution in [3.63, 3.8) is 0 Å². The Morgan fingerprint density at radius 2 is 1.58 bits per heavy atom. The van der Waals surface area contributed by atoms with E-state index in [0.717, 1.165) is 28.6 Å². The number of carbonyl (C=O) groups excluding carboxylic acids is 2. The Morgan fingerprint density at radius 1 is 0.879 bits per heavy atom. The first-order valence-electron chi connectivity index (χ1n) is 10.7. The van der Waals surface area contributed by atoms with Crippen LogP contribution in [0.25, 0.3) is 10.1 Å². The summed E-state index contributed by atoms with van der Waals surface area (Å²) in [5, 5.41) is 12.7. The molecule has 0 fully saturated rings. The molecule has 0 aliphatic heterocycles. The van der Waals surface area contributed by atoms with Crippen molar-refractivity contribution in [2.75, 3.05) is 18.4 Å². The van der Waals surface area contributed by atoms with E-state index in [1.165, 1.54) is 16.9 Å². The number of anilines is 1. The molecule has 0 bridgehead atoms. The van der Waals surface area contributed by atoms with Gasteiger partial charge in [-0.05, 0) is 41.1 Å². The number of fused-ring (bicyclic) bond motifs is 1. The third-order valence-electron chi connectivity index (χ3n) is 5.30. The maximum Gasteiger partial charge on any atom is 0.284 e. The molecule has 0 saturated heterocycles. The minimum Gasteiger partial charge on any atom is -0.325 e. The Labute approximate surface area is 196 Å². The zero-order chi connectivity index (χ0) is 23.0. The molecule has 0 spiro atoms. The summed E-state index contributed by atoms with van der Waals surface area (Å²) in [5.74, 6) is -0.639. The van der Waals surface area contributed by atoms with Crippen molar-refractivity contribution in [2.45, 2.75) is 13.0 Å². The smallest absolute Gasteiger partial charge is 0.284 e. The Bertz CT molecular complexity index is 1230. The predicted octanol–water partition coefficient (Wildman–Crippen LogP) is 4.70. The fourth-order valence-electron chi connectivity index (χ4n) is 3.67. The van der Waals surface area contributed by atoms with Crippen LogP contribution in [0.4, 0.5) is 5.69 Å². The van der Waals surface area contributed by atoms with E-state index >= 15 is 0 Å². The molecule has 1 aromatic heterocycles. The monoisotopic (exact) mass is 459 g/mol. The Hall–Kier alpha value is -3.52. The maximum absolute atomic E-state index is 12.9. The molecule has 2 amide bonds. The Morgan fingerprint density at radius 3 is 2.27 bits per heavy atom.